The molecule has 0 N–H and O–H groups in total. The normalized spacial score (nSPS) is 14.7. The highest BCUT2D eigenvalue weighted by molar-refractivity contribution is 6.06. The van der Waals surface area contributed by atoms with E-state index in [2.05, 4.69) is 29.2 Å². The molecule has 0 atom stereocenters. The molecule has 0 unspecified atom stereocenters. The minimum Gasteiger partial charge on any atom is -0.305 e. The third kappa shape index (κ3) is 5.26. The van der Waals surface area contributed by atoms with Gasteiger partial charge in [0.15, 0.2) is 0 Å². The van der Waals surface area contributed by atoms with Crippen LogP contribution in [0, 0.1) is 5.82 Å². The zero-order chi connectivity index (χ0) is 20.1. The van der Waals surface area contributed by atoms with E-state index in [1.807, 2.05) is 41.3 Å². The first kappa shape index (κ1) is 22.0. The predicted molar refractivity (Wildman–Crippen MR) is 122 cm³/mol. The molecule has 0 radical (unpaired) electrons. The third-order valence-electron chi connectivity index (χ3n) is 5.50. The van der Waals surface area contributed by atoms with Gasteiger partial charge in [0.1, 0.15) is 5.82 Å². The van der Waals surface area contributed by atoms with Crippen molar-refractivity contribution in [3.05, 3.63) is 102 Å². The van der Waals surface area contributed by atoms with Gasteiger partial charge in [0.2, 0.25) is 0 Å². The average Bonchev–Trinajstić information content (AvgIpc) is 2.76. The zero-order valence-corrected chi connectivity index (χ0v) is 17.6. The predicted octanol–water partition coefficient (Wildman–Crippen LogP) is 5.56. The van der Waals surface area contributed by atoms with E-state index in [1.54, 1.807) is 12.1 Å². The van der Waals surface area contributed by atoms with Crippen LogP contribution in [0.1, 0.15) is 28.8 Å². The molecule has 3 aromatic rings. The van der Waals surface area contributed by atoms with Gasteiger partial charge in [-0.1, -0.05) is 54.6 Å². The summed E-state index contributed by atoms with van der Waals surface area (Å²) in [6.07, 6.45) is 1.78. The second-order valence-electron chi connectivity index (χ2n) is 7.51. The molecular weight excluding hydrogens is 399 g/mol. The van der Waals surface area contributed by atoms with Gasteiger partial charge in [-0.3, -0.25) is 9.69 Å². The Bertz CT molecular complexity index is 944. The second-order valence-corrected chi connectivity index (χ2v) is 7.51. The fourth-order valence-electron chi connectivity index (χ4n) is 4.02. The van der Waals surface area contributed by atoms with Crippen molar-refractivity contribution in [2.24, 2.45) is 0 Å². The molecule has 1 aliphatic rings. The van der Waals surface area contributed by atoms with E-state index in [9.17, 15) is 9.18 Å². The molecule has 30 heavy (non-hydrogen) atoms. The van der Waals surface area contributed by atoms with Crippen LogP contribution in [0.4, 0.5) is 10.1 Å². The molecule has 3 nitrogen and oxygen atoms in total. The number of benzene rings is 3. The number of para-hydroxylation sites is 1. The van der Waals surface area contributed by atoms with Crippen LogP contribution < -0.4 is 4.90 Å². The van der Waals surface area contributed by atoms with Crippen LogP contribution in [0.25, 0.3) is 0 Å². The number of likely N-dealkylation sites (tertiary alicyclic amines) is 1. The van der Waals surface area contributed by atoms with Gasteiger partial charge in [-0.15, -0.1) is 12.4 Å². The SMILES string of the molecule is Cl.O=C(c1cccc(F)c1)N(c1ccccc1)C1CCN(Cc2ccccc2)CC1. The van der Waals surface area contributed by atoms with Crippen LogP contribution in [0.2, 0.25) is 0 Å². The lowest BCUT2D eigenvalue weighted by Crippen LogP contribution is -2.47. The highest BCUT2D eigenvalue weighted by Crippen LogP contribution is 2.26. The smallest absolute Gasteiger partial charge is 0.258 e. The highest BCUT2D eigenvalue weighted by atomic mass is 35.5. The van der Waals surface area contributed by atoms with E-state index in [-0.39, 0.29) is 30.2 Å². The lowest BCUT2D eigenvalue weighted by molar-refractivity contribution is 0.0958. The minimum absolute atomic E-state index is 0. The number of anilines is 1. The molecule has 1 amide bonds. The molecule has 0 spiro atoms. The van der Waals surface area contributed by atoms with Crippen LogP contribution in [0.15, 0.2) is 84.9 Å². The maximum absolute atomic E-state index is 13.7. The topological polar surface area (TPSA) is 23.6 Å². The first-order valence-electron chi connectivity index (χ1n) is 10.1. The molecular formula is C25H26ClFN2O. The summed E-state index contributed by atoms with van der Waals surface area (Å²) in [4.78, 5) is 17.6. The van der Waals surface area contributed by atoms with E-state index in [1.165, 1.54) is 17.7 Å². The molecule has 0 aromatic heterocycles. The van der Waals surface area contributed by atoms with Crippen LogP contribution in [-0.2, 0) is 6.54 Å². The van der Waals surface area contributed by atoms with Gasteiger partial charge in [-0.05, 0) is 48.7 Å². The van der Waals surface area contributed by atoms with Crippen molar-refractivity contribution in [1.29, 1.82) is 0 Å². The monoisotopic (exact) mass is 424 g/mol. The van der Waals surface area contributed by atoms with Crippen molar-refractivity contribution in [3.8, 4) is 0 Å². The fourth-order valence-corrected chi connectivity index (χ4v) is 4.02. The maximum atomic E-state index is 13.7. The Labute approximate surface area is 183 Å². The molecule has 0 aliphatic carbocycles. The molecule has 4 rings (SSSR count). The largest absolute Gasteiger partial charge is 0.305 e. The van der Waals surface area contributed by atoms with Gasteiger partial charge in [-0.25, -0.2) is 4.39 Å². The summed E-state index contributed by atoms with van der Waals surface area (Å²) < 4.78 is 13.7. The molecule has 0 saturated carbocycles. The van der Waals surface area contributed by atoms with Crippen LogP contribution in [-0.4, -0.2) is 29.9 Å². The number of hydrogen-bond donors (Lipinski definition) is 0. The number of hydrogen-bond acceptors (Lipinski definition) is 2. The summed E-state index contributed by atoms with van der Waals surface area (Å²) in [7, 11) is 0. The molecule has 5 heteroatoms. The number of carbonyl (C=O) groups is 1. The Morgan fingerprint density at radius 3 is 2.17 bits per heavy atom. The Morgan fingerprint density at radius 2 is 1.53 bits per heavy atom. The van der Waals surface area contributed by atoms with E-state index < -0.39 is 0 Å². The zero-order valence-electron chi connectivity index (χ0n) is 16.8. The Morgan fingerprint density at radius 1 is 0.900 bits per heavy atom. The van der Waals surface area contributed by atoms with Gasteiger partial charge in [0.05, 0.1) is 0 Å². The molecule has 1 fully saturated rings. The average molecular weight is 425 g/mol. The number of rotatable bonds is 5. The molecule has 1 saturated heterocycles. The highest BCUT2D eigenvalue weighted by Gasteiger charge is 2.30. The van der Waals surface area contributed by atoms with Crippen LogP contribution in [0.5, 0.6) is 0 Å². The fraction of sp³-hybridized carbons (Fsp3) is 0.240. The van der Waals surface area contributed by atoms with Crippen molar-refractivity contribution >= 4 is 24.0 Å². The van der Waals surface area contributed by atoms with E-state index in [0.717, 1.165) is 38.2 Å². The van der Waals surface area contributed by atoms with E-state index in [0.29, 0.717) is 5.56 Å². The number of amides is 1. The molecule has 3 aromatic carbocycles. The lowest BCUT2D eigenvalue weighted by Gasteiger charge is -2.38. The van der Waals surface area contributed by atoms with Gasteiger partial charge in [0, 0.05) is 36.9 Å². The Balaban J connectivity index is 0.00000256. The lowest BCUT2D eigenvalue weighted by atomic mass is 10.00. The van der Waals surface area contributed by atoms with Crippen LogP contribution in [0.3, 0.4) is 0 Å². The van der Waals surface area contributed by atoms with Crippen molar-refractivity contribution in [2.75, 3.05) is 18.0 Å². The summed E-state index contributed by atoms with van der Waals surface area (Å²) in [5, 5.41) is 0. The maximum Gasteiger partial charge on any atom is 0.258 e. The number of carbonyl (C=O) groups excluding carboxylic acids is 1. The third-order valence-corrected chi connectivity index (χ3v) is 5.50. The summed E-state index contributed by atoms with van der Waals surface area (Å²) in [5.41, 5.74) is 2.56. The van der Waals surface area contributed by atoms with Gasteiger partial charge in [0.25, 0.3) is 5.91 Å². The molecule has 1 heterocycles. The summed E-state index contributed by atoms with van der Waals surface area (Å²) in [6, 6.07) is 26.2. The quantitative estimate of drug-likeness (QED) is 0.535. The number of piperidine rings is 1. The standard InChI is InChI=1S/C25H25FN2O.ClH/c26-22-11-7-10-21(18-22)25(29)28(23-12-5-2-6-13-23)24-14-16-27(17-15-24)19-20-8-3-1-4-9-20;/h1-13,18,24H,14-17,19H2;1H. The minimum atomic E-state index is -0.387. The summed E-state index contributed by atoms with van der Waals surface area (Å²) >= 11 is 0. The van der Waals surface area contributed by atoms with E-state index in [4.69, 9.17) is 0 Å². The van der Waals surface area contributed by atoms with Crippen molar-refractivity contribution < 1.29 is 9.18 Å². The molecule has 1 aliphatic heterocycles. The van der Waals surface area contributed by atoms with Gasteiger partial charge in [-0.2, -0.15) is 0 Å². The van der Waals surface area contributed by atoms with Gasteiger partial charge >= 0.3 is 0 Å². The van der Waals surface area contributed by atoms with Crippen molar-refractivity contribution in [1.82, 2.24) is 4.90 Å². The molecule has 0 bridgehead atoms. The van der Waals surface area contributed by atoms with Crippen LogP contribution >= 0.6 is 12.4 Å². The Hall–Kier alpha value is -2.69. The van der Waals surface area contributed by atoms with Gasteiger partial charge < -0.3 is 4.90 Å². The molecule has 156 valence electrons. The summed E-state index contributed by atoms with van der Waals surface area (Å²) in [5.74, 6) is -0.529. The number of halogens is 2. The number of nitrogens with zero attached hydrogens (tertiary/aromatic N) is 2. The van der Waals surface area contributed by atoms with E-state index >= 15 is 0 Å². The first-order chi connectivity index (χ1) is 14.2. The van der Waals surface area contributed by atoms with Crippen molar-refractivity contribution in [3.63, 3.8) is 0 Å². The first-order valence-corrected chi connectivity index (χ1v) is 10.1. The second kappa shape index (κ2) is 10.4. The summed E-state index contributed by atoms with van der Waals surface area (Å²) in [6.45, 7) is 2.79. The van der Waals surface area contributed by atoms with Crippen molar-refractivity contribution in [2.45, 2.75) is 25.4 Å². The Kier molecular flexibility index (Phi) is 7.61.